The molecule has 4 rings (SSSR count). The fraction of sp³-hybridized carbons (Fsp3) is 0.333. The maximum atomic E-state index is 13.4. The lowest BCUT2D eigenvalue weighted by atomic mass is 10.1. The lowest BCUT2D eigenvalue weighted by Crippen LogP contribution is -2.51. The molecule has 124 valence electrons. The van der Waals surface area contributed by atoms with Crippen molar-refractivity contribution in [1.82, 2.24) is 9.66 Å². The average Bonchev–Trinajstić information content (AvgIpc) is 3.24. The number of alkyl halides is 3. The van der Waals surface area contributed by atoms with Gasteiger partial charge in [0.1, 0.15) is 0 Å². The number of carbonyl (C=O) groups excluding carboxylic acids is 2. The number of hydrogen-bond acceptors (Lipinski definition) is 4. The molecule has 0 radical (unpaired) electrons. The Morgan fingerprint density at radius 2 is 1.75 bits per heavy atom. The molecule has 1 saturated carbocycles. The summed E-state index contributed by atoms with van der Waals surface area (Å²) in [5.41, 5.74) is -0.577. The third-order valence-corrected chi connectivity index (χ3v) is 4.30. The standard InChI is InChI=1S/C15H10F3N3O3/c1-6-2-3-10-9(4-6)13(24)21(14(19-10)15(16,17)18)20-11(22)7-5-8(7)12(20)23/h2-4,7-8H,5H2,1H3/t7-,8+. The Balaban J connectivity index is 2.06. The number of amides is 2. The van der Waals surface area contributed by atoms with Gasteiger partial charge in [0.25, 0.3) is 17.4 Å². The van der Waals surface area contributed by atoms with Crippen LogP contribution in [0, 0.1) is 18.8 Å². The van der Waals surface area contributed by atoms with Crippen LogP contribution in [0.25, 0.3) is 10.9 Å². The Kier molecular flexibility index (Phi) is 2.74. The maximum Gasteiger partial charge on any atom is 0.451 e. The van der Waals surface area contributed by atoms with E-state index in [2.05, 4.69) is 4.98 Å². The Morgan fingerprint density at radius 3 is 2.33 bits per heavy atom. The van der Waals surface area contributed by atoms with Gasteiger partial charge in [0.05, 0.1) is 22.7 Å². The van der Waals surface area contributed by atoms with E-state index in [1.54, 1.807) is 6.92 Å². The van der Waals surface area contributed by atoms with Gasteiger partial charge in [0.15, 0.2) is 0 Å². The first-order chi connectivity index (χ1) is 11.2. The number of benzene rings is 1. The summed E-state index contributed by atoms with van der Waals surface area (Å²) in [6.07, 6.45) is -4.67. The molecule has 1 aliphatic carbocycles. The SMILES string of the molecule is Cc1ccc2nc(C(F)(F)F)n(N3C(=O)[C@H]4C[C@H]4C3=O)c(=O)c2c1. The minimum atomic E-state index is -4.99. The second-order valence-electron chi connectivity index (χ2n) is 6.01. The van der Waals surface area contributed by atoms with Crippen LogP contribution in [0.15, 0.2) is 23.0 Å². The zero-order chi connectivity index (χ0) is 17.4. The average molecular weight is 337 g/mol. The number of imide groups is 1. The molecule has 2 heterocycles. The number of rotatable bonds is 1. The predicted molar refractivity (Wildman–Crippen MR) is 75.6 cm³/mol. The van der Waals surface area contributed by atoms with Crippen LogP contribution in [0.4, 0.5) is 13.2 Å². The zero-order valence-electron chi connectivity index (χ0n) is 12.3. The van der Waals surface area contributed by atoms with Gasteiger partial charge in [-0.15, -0.1) is 0 Å². The van der Waals surface area contributed by atoms with Crippen molar-refractivity contribution in [1.29, 1.82) is 0 Å². The molecule has 1 aliphatic heterocycles. The lowest BCUT2D eigenvalue weighted by molar-refractivity contribution is -0.149. The number of hydrogen-bond donors (Lipinski definition) is 0. The number of aryl methyl sites for hydroxylation is 1. The van der Waals surface area contributed by atoms with Crippen molar-refractivity contribution in [3.63, 3.8) is 0 Å². The van der Waals surface area contributed by atoms with E-state index < -0.39 is 41.2 Å². The summed E-state index contributed by atoms with van der Waals surface area (Å²) in [5, 5.41) is 0.225. The van der Waals surface area contributed by atoms with Crippen molar-refractivity contribution < 1.29 is 22.8 Å². The van der Waals surface area contributed by atoms with Crippen molar-refractivity contribution in [3.8, 4) is 0 Å². The van der Waals surface area contributed by atoms with Crippen LogP contribution in [-0.2, 0) is 15.8 Å². The molecule has 2 amide bonds. The lowest BCUT2D eigenvalue weighted by Gasteiger charge is -2.23. The smallest absolute Gasteiger partial charge is 0.272 e. The fourth-order valence-electron chi connectivity index (χ4n) is 3.02. The van der Waals surface area contributed by atoms with Crippen LogP contribution in [0.1, 0.15) is 17.8 Å². The number of halogens is 3. The molecule has 1 saturated heterocycles. The second-order valence-corrected chi connectivity index (χ2v) is 6.01. The summed E-state index contributed by atoms with van der Waals surface area (Å²) >= 11 is 0. The van der Waals surface area contributed by atoms with Crippen LogP contribution in [0.5, 0.6) is 0 Å². The van der Waals surface area contributed by atoms with Crippen molar-refractivity contribution in [2.24, 2.45) is 11.8 Å². The fourth-order valence-corrected chi connectivity index (χ4v) is 3.02. The molecule has 2 fully saturated rings. The quantitative estimate of drug-likeness (QED) is 0.737. The summed E-state index contributed by atoms with van der Waals surface area (Å²) in [4.78, 5) is 40.4. The summed E-state index contributed by atoms with van der Waals surface area (Å²) in [5.74, 6) is -4.40. The molecule has 0 bridgehead atoms. The van der Waals surface area contributed by atoms with Gasteiger partial charge in [-0.05, 0) is 25.5 Å². The second kappa shape index (κ2) is 4.43. The Morgan fingerprint density at radius 1 is 1.12 bits per heavy atom. The molecule has 2 atom stereocenters. The van der Waals surface area contributed by atoms with Gasteiger partial charge in [-0.2, -0.15) is 22.9 Å². The van der Waals surface area contributed by atoms with Gasteiger partial charge in [0.2, 0.25) is 5.82 Å². The highest BCUT2D eigenvalue weighted by Crippen LogP contribution is 2.46. The van der Waals surface area contributed by atoms with Crippen LogP contribution in [0.3, 0.4) is 0 Å². The minimum Gasteiger partial charge on any atom is -0.272 e. The number of carbonyl (C=O) groups is 2. The molecule has 1 aromatic heterocycles. The van der Waals surface area contributed by atoms with Crippen molar-refractivity contribution >= 4 is 22.7 Å². The number of piperidine rings is 1. The minimum absolute atomic E-state index is 0.0795. The first-order valence-electron chi connectivity index (χ1n) is 7.19. The molecule has 2 aliphatic rings. The van der Waals surface area contributed by atoms with Crippen LogP contribution >= 0.6 is 0 Å². The van der Waals surface area contributed by atoms with Crippen molar-refractivity contribution in [2.75, 3.05) is 5.01 Å². The van der Waals surface area contributed by atoms with E-state index in [9.17, 15) is 27.6 Å². The summed E-state index contributed by atoms with van der Waals surface area (Å²) in [6.45, 7) is 1.67. The Labute approximate surface area is 132 Å². The molecule has 0 spiro atoms. The van der Waals surface area contributed by atoms with E-state index >= 15 is 0 Å². The number of fused-ring (bicyclic) bond motifs is 2. The molecule has 24 heavy (non-hydrogen) atoms. The highest BCUT2D eigenvalue weighted by atomic mass is 19.4. The maximum absolute atomic E-state index is 13.4. The van der Waals surface area contributed by atoms with Crippen molar-refractivity contribution in [3.05, 3.63) is 39.9 Å². The Hall–Kier alpha value is -2.71. The molecule has 9 heteroatoms. The van der Waals surface area contributed by atoms with E-state index in [1.807, 2.05) is 0 Å². The molecule has 0 unspecified atom stereocenters. The molecule has 2 aromatic rings. The number of nitrogens with zero attached hydrogens (tertiary/aromatic N) is 3. The van der Waals surface area contributed by atoms with E-state index in [0.717, 1.165) is 0 Å². The molecule has 1 aromatic carbocycles. The highest BCUT2D eigenvalue weighted by Gasteiger charge is 2.61. The van der Waals surface area contributed by atoms with Gasteiger partial charge in [-0.3, -0.25) is 14.4 Å². The van der Waals surface area contributed by atoms with Gasteiger partial charge in [0, 0.05) is 0 Å². The Bertz CT molecular complexity index is 960. The van der Waals surface area contributed by atoms with Gasteiger partial charge in [-0.1, -0.05) is 11.6 Å². The monoisotopic (exact) mass is 337 g/mol. The predicted octanol–water partition coefficient (Wildman–Crippen LogP) is 1.36. The van der Waals surface area contributed by atoms with Crippen LogP contribution < -0.4 is 10.6 Å². The summed E-state index contributed by atoms with van der Waals surface area (Å²) in [7, 11) is 0. The summed E-state index contributed by atoms with van der Waals surface area (Å²) < 4.78 is 40.2. The molecular weight excluding hydrogens is 327 g/mol. The number of aromatic nitrogens is 2. The van der Waals surface area contributed by atoms with E-state index in [4.69, 9.17) is 0 Å². The van der Waals surface area contributed by atoms with Crippen LogP contribution in [0.2, 0.25) is 0 Å². The molecule has 6 nitrogen and oxygen atoms in total. The van der Waals surface area contributed by atoms with Crippen molar-refractivity contribution in [2.45, 2.75) is 19.5 Å². The third-order valence-electron chi connectivity index (χ3n) is 4.30. The topological polar surface area (TPSA) is 72.3 Å². The third kappa shape index (κ3) is 1.90. The molecule has 0 N–H and O–H groups in total. The zero-order valence-corrected chi connectivity index (χ0v) is 12.3. The van der Waals surface area contributed by atoms with E-state index in [1.165, 1.54) is 18.2 Å². The largest absolute Gasteiger partial charge is 0.451 e. The van der Waals surface area contributed by atoms with Gasteiger partial charge >= 0.3 is 6.18 Å². The highest BCUT2D eigenvalue weighted by molar-refractivity contribution is 6.19. The van der Waals surface area contributed by atoms with E-state index in [-0.39, 0.29) is 15.6 Å². The van der Waals surface area contributed by atoms with Crippen LogP contribution in [-0.4, -0.2) is 21.5 Å². The molecular formula is C15H10F3N3O3. The first kappa shape index (κ1) is 14.9. The normalized spacial score (nSPS) is 23.1. The summed E-state index contributed by atoms with van der Waals surface area (Å²) in [6, 6.07) is 4.21. The first-order valence-corrected chi connectivity index (χ1v) is 7.19. The van der Waals surface area contributed by atoms with E-state index in [0.29, 0.717) is 17.0 Å². The van der Waals surface area contributed by atoms with Gasteiger partial charge in [-0.25, -0.2) is 4.98 Å². The van der Waals surface area contributed by atoms with Gasteiger partial charge < -0.3 is 0 Å².